The van der Waals surface area contributed by atoms with Gasteiger partial charge in [-0.2, -0.15) is 4.68 Å². The number of amides is 1. The molecule has 0 bridgehead atoms. The quantitative estimate of drug-likeness (QED) is 0.622. The Morgan fingerprint density at radius 2 is 2.20 bits per heavy atom. The first-order valence-electron chi connectivity index (χ1n) is 5.26. The van der Waals surface area contributed by atoms with Gasteiger partial charge in [-0.25, -0.2) is 0 Å². The molecule has 0 spiro atoms. The summed E-state index contributed by atoms with van der Waals surface area (Å²) in [5.41, 5.74) is 0.607. The third-order valence-electron chi connectivity index (χ3n) is 2.18. The van der Waals surface area contributed by atoms with Crippen molar-refractivity contribution in [2.45, 2.75) is 6.54 Å². The van der Waals surface area contributed by atoms with Crippen molar-refractivity contribution in [2.75, 3.05) is 5.32 Å². The summed E-state index contributed by atoms with van der Waals surface area (Å²) in [7, 11) is 0. The molecule has 0 saturated carbocycles. The van der Waals surface area contributed by atoms with E-state index in [9.17, 15) is 14.9 Å². The summed E-state index contributed by atoms with van der Waals surface area (Å²) in [5.74, 6) is -0.935. The third-order valence-corrected chi connectivity index (χ3v) is 3.26. The van der Waals surface area contributed by atoms with Crippen LogP contribution in [0.2, 0.25) is 0 Å². The summed E-state index contributed by atoms with van der Waals surface area (Å²) in [6, 6.07) is 7.06. The highest BCUT2D eigenvalue weighted by Gasteiger charge is 2.21. The van der Waals surface area contributed by atoms with E-state index < -0.39 is 10.9 Å². The maximum atomic E-state index is 11.8. The molecule has 8 nitrogen and oxygen atoms in total. The van der Waals surface area contributed by atoms with Crippen LogP contribution in [0.3, 0.4) is 0 Å². The summed E-state index contributed by atoms with van der Waals surface area (Å²) < 4.78 is 2.05. The second-order valence-corrected chi connectivity index (χ2v) is 5.28. The number of rotatable bonds is 4. The number of carbonyl (C=O) groups excluding carboxylic acids is 1. The molecule has 10 heteroatoms. The molecular formula is C10H7Br2N5O3. The van der Waals surface area contributed by atoms with Crippen molar-refractivity contribution in [3.63, 3.8) is 0 Å². The lowest BCUT2D eigenvalue weighted by Gasteiger charge is -2.04. The number of benzene rings is 1. The van der Waals surface area contributed by atoms with Crippen molar-refractivity contribution < 1.29 is 9.72 Å². The average Bonchev–Trinajstić information content (AvgIpc) is 2.71. The van der Waals surface area contributed by atoms with Gasteiger partial charge < -0.3 is 15.4 Å². The van der Waals surface area contributed by atoms with E-state index >= 15 is 0 Å². The number of anilines is 1. The van der Waals surface area contributed by atoms with Crippen LogP contribution in [0.4, 0.5) is 11.6 Å². The van der Waals surface area contributed by atoms with Gasteiger partial charge in [-0.1, -0.05) is 22.0 Å². The first kappa shape index (κ1) is 14.6. The monoisotopic (exact) mass is 403 g/mol. The zero-order valence-electron chi connectivity index (χ0n) is 9.79. The van der Waals surface area contributed by atoms with E-state index in [-0.39, 0.29) is 17.2 Å². The SMILES string of the molecule is O=C(Cn1nc([N+](=O)[O-])nc1Br)Nc1cccc(Br)c1. The molecule has 2 aromatic rings. The number of carbonyl (C=O) groups is 1. The van der Waals surface area contributed by atoms with Gasteiger partial charge >= 0.3 is 5.95 Å². The first-order valence-corrected chi connectivity index (χ1v) is 6.84. The highest BCUT2D eigenvalue weighted by Crippen LogP contribution is 2.16. The van der Waals surface area contributed by atoms with Crippen LogP contribution in [0.1, 0.15) is 0 Å². The molecule has 0 saturated heterocycles. The van der Waals surface area contributed by atoms with Gasteiger partial charge in [-0.15, -0.1) is 0 Å². The van der Waals surface area contributed by atoms with Crippen molar-refractivity contribution in [2.24, 2.45) is 0 Å². The third kappa shape index (κ3) is 3.61. The van der Waals surface area contributed by atoms with Gasteiger partial charge in [0.15, 0.2) is 0 Å². The van der Waals surface area contributed by atoms with Crippen LogP contribution >= 0.6 is 31.9 Å². The minimum atomic E-state index is -0.729. The van der Waals surface area contributed by atoms with E-state index in [4.69, 9.17) is 0 Å². The topological polar surface area (TPSA) is 103 Å². The van der Waals surface area contributed by atoms with Crippen molar-refractivity contribution in [1.29, 1.82) is 0 Å². The largest absolute Gasteiger partial charge is 0.492 e. The van der Waals surface area contributed by atoms with Crippen molar-refractivity contribution in [3.8, 4) is 0 Å². The molecule has 0 aliphatic carbocycles. The number of nitrogens with one attached hydrogen (secondary N) is 1. The number of halogens is 2. The minimum absolute atomic E-state index is 0.119. The summed E-state index contributed by atoms with van der Waals surface area (Å²) in [5, 5.41) is 16.8. The van der Waals surface area contributed by atoms with Crippen LogP contribution in [-0.4, -0.2) is 25.6 Å². The molecule has 104 valence electrons. The van der Waals surface area contributed by atoms with E-state index in [1.165, 1.54) is 0 Å². The molecule has 0 unspecified atom stereocenters. The van der Waals surface area contributed by atoms with Crippen molar-refractivity contribution in [1.82, 2.24) is 14.8 Å². The first-order chi connectivity index (χ1) is 9.45. The Balaban J connectivity index is 2.06. The van der Waals surface area contributed by atoms with E-state index in [2.05, 4.69) is 47.3 Å². The van der Waals surface area contributed by atoms with Gasteiger partial charge in [0, 0.05) is 31.2 Å². The van der Waals surface area contributed by atoms with Gasteiger partial charge in [-0.3, -0.25) is 4.79 Å². The molecule has 1 aromatic carbocycles. The fourth-order valence-electron chi connectivity index (χ4n) is 1.39. The Hall–Kier alpha value is -1.81. The average molecular weight is 405 g/mol. The zero-order chi connectivity index (χ0) is 14.7. The van der Waals surface area contributed by atoms with Crippen LogP contribution < -0.4 is 5.32 Å². The maximum Gasteiger partial charge on any atom is 0.492 e. The predicted octanol–water partition coefficient (Wildman–Crippen LogP) is 2.35. The summed E-state index contributed by atoms with van der Waals surface area (Å²) in [4.78, 5) is 25.2. The van der Waals surface area contributed by atoms with Gasteiger partial charge in [0.1, 0.15) is 6.54 Å². The minimum Gasteiger partial charge on any atom is -0.390 e. The van der Waals surface area contributed by atoms with E-state index in [1.807, 2.05) is 6.07 Å². The van der Waals surface area contributed by atoms with Gasteiger partial charge in [-0.05, 0) is 28.1 Å². The van der Waals surface area contributed by atoms with Crippen LogP contribution in [-0.2, 0) is 11.3 Å². The lowest BCUT2D eigenvalue weighted by molar-refractivity contribution is -0.394. The maximum absolute atomic E-state index is 11.8. The molecule has 0 radical (unpaired) electrons. The van der Waals surface area contributed by atoms with Gasteiger partial charge in [0.25, 0.3) is 4.73 Å². The second-order valence-electron chi connectivity index (χ2n) is 3.65. The van der Waals surface area contributed by atoms with Crippen molar-refractivity contribution in [3.05, 3.63) is 43.6 Å². The molecular weight excluding hydrogens is 398 g/mol. The Kier molecular flexibility index (Phi) is 4.45. The lowest BCUT2D eigenvalue weighted by Crippen LogP contribution is -2.19. The Bertz CT molecular complexity index is 673. The van der Waals surface area contributed by atoms with Crippen LogP contribution in [0.25, 0.3) is 0 Å². The van der Waals surface area contributed by atoms with E-state index in [0.717, 1.165) is 9.15 Å². The summed E-state index contributed by atoms with van der Waals surface area (Å²) >= 11 is 6.30. The smallest absolute Gasteiger partial charge is 0.390 e. The van der Waals surface area contributed by atoms with E-state index in [1.54, 1.807) is 18.2 Å². The highest BCUT2D eigenvalue weighted by atomic mass is 79.9. The number of nitro groups is 1. The summed E-state index contributed by atoms with van der Waals surface area (Å²) in [6.45, 7) is -0.187. The molecule has 0 fully saturated rings. The fourth-order valence-corrected chi connectivity index (χ4v) is 2.16. The molecule has 0 aliphatic rings. The van der Waals surface area contributed by atoms with Gasteiger partial charge in [0.05, 0.1) is 0 Å². The Morgan fingerprint density at radius 1 is 1.45 bits per heavy atom. The zero-order valence-corrected chi connectivity index (χ0v) is 13.0. The lowest BCUT2D eigenvalue weighted by atomic mass is 10.3. The van der Waals surface area contributed by atoms with E-state index in [0.29, 0.717) is 5.69 Å². The van der Waals surface area contributed by atoms with Gasteiger partial charge in [0.2, 0.25) is 5.91 Å². The number of aromatic nitrogens is 3. The fraction of sp³-hybridized carbons (Fsp3) is 0.100. The Morgan fingerprint density at radius 3 is 2.80 bits per heavy atom. The highest BCUT2D eigenvalue weighted by molar-refractivity contribution is 9.10. The molecule has 1 amide bonds. The number of nitrogens with zero attached hydrogens (tertiary/aromatic N) is 4. The molecule has 20 heavy (non-hydrogen) atoms. The molecule has 1 aromatic heterocycles. The van der Waals surface area contributed by atoms with Crippen LogP contribution in [0.15, 0.2) is 33.5 Å². The number of hydrogen-bond acceptors (Lipinski definition) is 5. The molecule has 1 N–H and O–H groups in total. The molecule has 2 rings (SSSR count). The van der Waals surface area contributed by atoms with Crippen LogP contribution in [0.5, 0.6) is 0 Å². The predicted molar refractivity (Wildman–Crippen MR) is 77.1 cm³/mol. The molecule has 1 heterocycles. The van der Waals surface area contributed by atoms with Crippen LogP contribution in [0, 0.1) is 10.1 Å². The normalized spacial score (nSPS) is 10.3. The standard InChI is InChI=1S/C10H7Br2N5O3/c11-6-2-1-3-7(4-6)13-8(18)5-16-9(12)14-10(15-16)17(19)20/h1-4H,5H2,(H,13,18). The Labute approximate surface area is 129 Å². The van der Waals surface area contributed by atoms with Crippen molar-refractivity contribution >= 4 is 49.4 Å². The molecule has 0 atom stereocenters. The summed E-state index contributed by atoms with van der Waals surface area (Å²) in [6.07, 6.45) is 0. The second kappa shape index (κ2) is 6.09. The number of hydrogen-bond donors (Lipinski definition) is 1. The molecule has 0 aliphatic heterocycles.